The van der Waals surface area contributed by atoms with Gasteiger partial charge in [-0.1, -0.05) is 0 Å². The number of hydrogen-bond acceptors (Lipinski definition) is 4. The zero-order chi connectivity index (χ0) is 11.3. The maximum Gasteiger partial charge on any atom is 0.101 e. The highest BCUT2D eigenvalue weighted by Gasteiger charge is 2.03. The zero-order valence-corrected chi connectivity index (χ0v) is 8.70. The van der Waals surface area contributed by atoms with E-state index in [-0.39, 0.29) is 12.6 Å². The van der Waals surface area contributed by atoms with Gasteiger partial charge in [0.1, 0.15) is 6.07 Å². The van der Waals surface area contributed by atoms with Crippen LogP contribution in [-0.4, -0.2) is 17.8 Å². The van der Waals surface area contributed by atoms with Crippen molar-refractivity contribution >= 4 is 11.4 Å². The molecule has 0 aromatic heterocycles. The zero-order valence-electron chi connectivity index (χ0n) is 8.70. The molecule has 1 aromatic rings. The summed E-state index contributed by atoms with van der Waals surface area (Å²) in [6.45, 7) is 2.12. The number of nitrogens with one attached hydrogen (secondary N) is 1. The Labute approximate surface area is 89.3 Å². The quantitative estimate of drug-likeness (QED) is 0.647. The van der Waals surface area contributed by atoms with E-state index in [4.69, 9.17) is 16.1 Å². The lowest BCUT2D eigenvalue weighted by Crippen LogP contribution is -2.16. The topological polar surface area (TPSA) is 82.1 Å². The first-order valence-electron chi connectivity index (χ1n) is 4.84. The summed E-state index contributed by atoms with van der Waals surface area (Å²) in [6.07, 6.45) is 0.673. The molecule has 0 saturated heterocycles. The van der Waals surface area contributed by atoms with Crippen LogP contribution in [0.2, 0.25) is 0 Å². The Bertz CT molecular complexity index is 371. The van der Waals surface area contributed by atoms with Gasteiger partial charge in [0.05, 0.1) is 5.56 Å². The van der Waals surface area contributed by atoms with E-state index in [1.54, 1.807) is 12.1 Å². The predicted octanol–water partition coefficient (Wildman–Crippen LogP) is 1.32. The lowest BCUT2D eigenvalue weighted by Gasteiger charge is -2.14. The summed E-state index contributed by atoms with van der Waals surface area (Å²) < 4.78 is 0. The number of rotatable bonds is 4. The Balaban J connectivity index is 2.75. The fourth-order valence-corrected chi connectivity index (χ4v) is 1.29. The minimum atomic E-state index is 0.147. The number of nitrogens with zero attached hydrogens (tertiary/aromatic N) is 1. The van der Waals surface area contributed by atoms with Gasteiger partial charge in [0.15, 0.2) is 0 Å². The normalized spacial score (nSPS) is 11.8. The average molecular weight is 205 g/mol. The van der Waals surface area contributed by atoms with Crippen molar-refractivity contribution in [3.8, 4) is 6.07 Å². The average Bonchev–Trinajstić information content (AvgIpc) is 2.21. The molecule has 0 fully saturated rings. The van der Waals surface area contributed by atoms with Gasteiger partial charge in [0, 0.05) is 24.0 Å². The molecule has 1 atom stereocenters. The van der Waals surface area contributed by atoms with Gasteiger partial charge in [-0.2, -0.15) is 5.26 Å². The van der Waals surface area contributed by atoms with Crippen molar-refractivity contribution in [2.75, 3.05) is 17.7 Å². The molecule has 0 radical (unpaired) electrons. The lowest BCUT2D eigenvalue weighted by molar-refractivity contribution is 0.282. The molecule has 0 spiro atoms. The molecular formula is C11H15N3O. The van der Waals surface area contributed by atoms with Crippen LogP contribution in [0.4, 0.5) is 11.4 Å². The van der Waals surface area contributed by atoms with Crippen molar-refractivity contribution in [3.63, 3.8) is 0 Å². The van der Waals surface area contributed by atoms with E-state index in [1.807, 2.05) is 19.1 Å². The molecule has 0 aliphatic heterocycles. The smallest absolute Gasteiger partial charge is 0.101 e. The Kier molecular flexibility index (Phi) is 3.95. The molecule has 0 aliphatic carbocycles. The van der Waals surface area contributed by atoms with Crippen molar-refractivity contribution in [1.82, 2.24) is 0 Å². The second kappa shape index (κ2) is 5.23. The van der Waals surface area contributed by atoms with E-state index in [1.165, 1.54) is 0 Å². The minimum absolute atomic E-state index is 0.147. The fraction of sp³-hybridized carbons (Fsp3) is 0.364. The number of nitrogens with two attached hydrogens (primary N) is 1. The largest absolute Gasteiger partial charge is 0.398 e. The van der Waals surface area contributed by atoms with Crippen LogP contribution in [0.1, 0.15) is 18.9 Å². The highest BCUT2D eigenvalue weighted by Crippen LogP contribution is 2.17. The van der Waals surface area contributed by atoms with Crippen molar-refractivity contribution in [3.05, 3.63) is 23.8 Å². The van der Waals surface area contributed by atoms with Crippen LogP contribution in [0.25, 0.3) is 0 Å². The van der Waals surface area contributed by atoms with Gasteiger partial charge in [0.2, 0.25) is 0 Å². The number of nitrogen functional groups attached to an aromatic ring is 1. The number of nitriles is 1. The maximum atomic E-state index is 8.78. The Morgan fingerprint density at radius 1 is 1.60 bits per heavy atom. The molecule has 0 heterocycles. The Hall–Kier alpha value is -1.73. The number of anilines is 2. The molecule has 0 bridgehead atoms. The van der Waals surface area contributed by atoms with E-state index >= 15 is 0 Å². The third-order valence-corrected chi connectivity index (χ3v) is 2.15. The molecule has 1 unspecified atom stereocenters. The number of aliphatic hydroxyl groups is 1. The van der Waals surface area contributed by atoms with Gasteiger partial charge < -0.3 is 16.2 Å². The minimum Gasteiger partial charge on any atom is -0.398 e. The summed E-state index contributed by atoms with van der Waals surface area (Å²) >= 11 is 0. The van der Waals surface area contributed by atoms with E-state index in [0.717, 1.165) is 5.69 Å². The van der Waals surface area contributed by atoms with Crippen molar-refractivity contribution < 1.29 is 5.11 Å². The van der Waals surface area contributed by atoms with Gasteiger partial charge in [-0.15, -0.1) is 0 Å². The van der Waals surface area contributed by atoms with Crippen LogP contribution in [0.5, 0.6) is 0 Å². The first-order chi connectivity index (χ1) is 7.17. The molecule has 0 amide bonds. The number of hydrogen-bond donors (Lipinski definition) is 3. The summed E-state index contributed by atoms with van der Waals surface area (Å²) in [6, 6.07) is 7.43. The molecule has 4 N–H and O–H groups in total. The van der Waals surface area contributed by atoms with E-state index in [9.17, 15) is 0 Å². The molecule has 4 heteroatoms. The van der Waals surface area contributed by atoms with Crippen LogP contribution in [-0.2, 0) is 0 Å². The van der Waals surface area contributed by atoms with Crippen molar-refractivity contribution in [2.24, 2.45) is 0 Å². The number of benzene rings is 1. The second-order valence-corrected chi connectivity index (χ2v) is 3.47. The van der Waals surface area contributed by atoms with E-state index in [0.29, 0.717) is 17.7 Å². The molecule has 15 heavy (non-hydrogen) atoms. The summed E-state index contributed by atoms with van der Waals surface area (Å²) in [5.41, 5.74) is 7.40. The summed E-state index contributed by atoms with van der Waals surface area (Å²) in [7, 11) is 0. The Morgan fingerprint density at radius 3 is 2.93 bits per heavy atom. The highest BCUT2D eigenvalue weighted by molar-refractivity contribution is 5.62. The molecule has 4 nitrogen and oxygen atoms in total. The summed E-state index contributed by atoms with van der Waals surface area (Å²) in [5, 5.41) is 20.7. The van der Waals surface area contributed by atoms with Crippen LogP contribution < -0.4 is 11.1 Å². The Morgan fingerprint density at radius 2 is 2.33 bits per heavy atom. The third kappa shape index (κ3) is 3.15. The third-order valence-electron chi connectivity index (χ3n) is 2.15. The molecule has 1 rings (SSSR count). The SMILES string of the molecule is CC(CCO)Nc1ccc(N)c(C#N)c1. The van der Waals surface area contributed by atoms with Crippen LogP contribution >= 0.6 is 0 Å². The lowest BCUT2D eigenvalue weighted by atomic mass is 10.1. The molecule has 1 aromatic carbocycles. The standard InChI is InChI=1S/C11H15N3O/c1-8(4-5-15)14-10-2-3-11(13)9(6-10)7-12/h2-3,6,8,14-15H,4-5,13H2,1H3. The van der Waals surface area contributed by atoms with Crippen LogP contribution in [0.15, 0.2) is 18.2 Å². The summed E-state index contributed by atoms with van der Waals surface area (Å²) in [4.78, 5) is 0. The highest BCUT2D eigenvalue weighted by atomic mass is 16.3. The van der Waals surface area contributed by atoms with E-state index < -0.39 is 0 Å². The molecule has 0 aliphatic rings. The van der Waals surface area contributed by atoms with Gasteiger partial charge in [-0.25, -0.2) is 0 Å². The van der Waals surface area contributed by atoms with Crippen LogP contribution in [0.3, 0.4) is 0 Å². The molecule has 0 saturated carbocycles. The molecular weight excluding hydrogens is 190 g/mol. The van der Waals surface area contributed by atoms with Gasteiger partial charge >= 0.3 is 0 Å². The number of aliphatic hydroxyl groups excluding tert-OH is 1. The van der Waals surface area contributed by atoms with Gasteiger partial charge in [-0.05, 0) is 31.5 Å². The first kappa shape index (κ1) is 11.3. The van der Waals surface area contributed by atoms with Crippen LogP contribution in [0, 0.1) is 11.3 Å². The van der Waals surface area contributed by atoms with Crippen molar-refractivity contribution in [1.29, 1.82) is 5.26 Å². The monoisotopic (exact) mass is 205 g/mol. The second-order valence-electron chi connectivity index (χ2n) is 3.47. The van der Waals surface area contributed by atoms with Crippen molar-refractivity contribution in [2.45, 2.75) is 19.4 Å². The van der Waals surface area contributed by atoms with Gasteiger partial charge in [-0.3, -0.25) is 0 Å². The van der Waals surface area contributed by atoms with Gasteiger partial charge in [0.25, 0.3) is 0 Å². The van der Waals surface area contributed by atoms with E-state index in [2.05, 4.69) is 5.32 Å². The molecule has 80 valence electrons. The summed E-state index contributed by atoms with van der Waals surface area (Å²) in [5.74, 6) is 0. The fourth-order valence-electron chi connectivity index (χ4n) is 1.29. The first-order valence-corrected chi connectivity index (χ1v) is 4.84. The maximum absolute atomic E-state index is 8.78. The predicted molar refractivity (Wildman–Crippen MR) is 60.4 cm³/mol.